The van der Waals surface area contributed by atoms with Crippen molar-refractivity contribution in [2.45, 2.75) is 0 Å². The third-order valence-corrected chi connectivity index (χ3v) is 2.82. The van der Waals surface area contributed by atoms with Crippen molar-refractivity contribution < 1.29 is 9.53 Å². The maximum atomic E-state index is 12.4. The second-order valence-corrected chi connectivity index (χ2v) is 4.05. The van der Waals surface area contributed by atoms with Crippen molar-refractivity contribution in [1.82, 2.24) is 19.9 Å². The fourth-order valence-electron chi connectivity index (χ4n) is 1.98. The lowest BCUT2D eigenvalue weighted by Gasteiger charge is -2.08. The van der Waals surface area contributed by atoms with Crippen LogP contribution in [0.3, 0.4) is 0 Å². The van der Waals surface area contributed by atoms with E-state index in [0.29, 0.717) is 28.3 Å². The summed E-state index contributed by atoms with van der Waals surface area (Å²) in [6.45, 7) is 0. The van der Waals surface area contributed by atoms with Gasteiger partial charge in [0, 0.05) is 12.4 Å². The molecule has 0 saturated carbocycles. The number of fused-ring (bicyclic) bond motifs is 1. The summed E-state index contributed by atoms with van der Waals surface area (Å²) >= 11 is 0. The lowest BCUT2D eigenvalue weighted by molar-refractivity contribution is 0.102. The first-order valence-electron chi connectivity index (χ1n) is 5.82. The number of H-pyrrole nitrogens is 2. The quantitative estimate of drug-likeness (QED) is 0.569. The van der Waals surface area contributed by atoms with Gasteiger partial charge >= 0.3 is 0 Å². The van der Waals surface area contributed by atoms with Gasteiger partial charge in [0.15, 0.2) is 5.95 Å². The standard InChI is InChI=1S/C12H12N6O2/c1-20-7-3-2-6-9(17-11(13)16-6)8(7)10(19)18-12-14-4-5-15-12/h2-5H,1H3,(H3,13,16,17)(H2,14,15,18,19). The molecule has 0 radical (unpaired) electrons. The van der Waals surface area contributed by atoms with Gasteiger partial charge in [0.25, 0.3) is 5.91 Å². The molecule has 2 heterocycles. The predicted octanol–water partition coefficient (Wildman–Crippen LogP) is 1.13. The lowest BCUT2D eigenvalue weighted by Crippen LogP contribution is -2.14. The van der Waals surface area contributed by atoms with Crippen molar-refractivity contribution in [3.63, 3.8) is 0 Å². The van der Waals surface area contributed by atoms with E-state index in [9.17, 15) is 4.79 Å². The van der Waals surface area contributed by atoms with Crippen LogP contribution < -0.4 is 15.8 Å². The van der Waals surface area contributed by atoms with E-state index in [1.807, 2.05) is 0 Å². The average molecular weight is 272 g/mol. The van der Waals surface area contributed by atoms with E-state index >= 15 is 0 Å². The predicted molar refractivity (Wildman–Crippen MR) is 73.6 cm³/mol. The van der Waals surface area contributed by atoms with Gasteiger partial charge in [-0.1, -0.05) is 0 Å². The van der Waals surface area contributed by atoms with Crippen molar-refractivity contribution in [3.05, 3.63) is 30.1 Å². The van der Waals surface area contributed by atoms with Gasteiger partial charge in [-0.05, 0) is 12.1 Å². The SMILES string of the molecule is COc1ccc2nc(N)[nH]c2c1C(=O)Nc1ncc[nH]1. The number of methoxy groups -OCH3 is 1. The van der Waals surface area contributed by atoms with Crippen LogP contribution in [-0.2, 0) is 0 Å². The van der Waals surface area contributed by atoms with Crippen LogP contribution in [0, 0.1) is 0 Å². The first kappa shape index (κ1) is 12.0. The number of nitrogens with two attached hydrogens (primary N) is 1. The fraction of sp³-hybridized carbons (Fsp3) is 0.0833. The average Bonchev–Trinajstić information content (AvgIpc) is 3.05. The molecular weight excluding hydrogens is 260 g/mol. The molecule has 0 spiro atoms. The molecule has 8 heteroatoms. The van der Waals surface area contributed by atoms with Crippen LogP contribution in [0.2, 0.25) is 0 Å². The van der Waals surface area contributed by atoms with Gasteiger partial charge in [0.05, 0.1) is 18.1 Å². The molecule has 0 unspecified atom stereocenters. The maximum Gasteiger partial charge on any atom is 0.263 e. The number of carbonyl (C=O) groups excluding carboxylic acids is 1. The molecule has 3 rings (SSSR count). The molecule has 8 nitrogen and oxygen atoms in total. The van der Waals surface area contributed by atoms with Crippen molar-refractivity contribution in [3.8, 4) is 5.75 Å². The highest BCUT2D eigenvalue weighted by atomic mass is 16.5. The number of amides is 1. The summed E-state index contributed by atoms with van der Waals surface area (Å²) in [7, 11) is 1.49. The van der Waals surface area contributed by atoms with Crippen LogP contribution in [0.15, 0.2) is 24.5 Å². The molecule has 0 saturated heterocycles. The fourth-order valence-corrected chi connectivity index (χ4v) is 1.98. The number of nitrogens with zero attached hydrogens (tertiary/aromatic N) is 2. The van der Waals surface area contributed by atoms with Crippen molar-refractivity contribution in [2.75, 3.05) is 18.2 Å². The van der Waals surface area contributed by atoms with Crippen LogP contribution in [0.4, 0.5) is 11.9 Å². The highest BCUT2D eigenvalue weighted by Crippen LogP contribution is 2.27. The van der Waals surface area contributed by atoms with Crippen LogP contribution >= 0.6 is 0 Å². The maximum absolute atomic E-state index is 12.4. The highest BCUT2D eigenvalue weighted by molar-refractivity contribution is 6.13. The van der Waals surface area contributed by atoms with Gasteiger partial charge in [0.1, 0.15) is 11.3 Å². The number of benzene rings is 1. The van der Waals surface area contributed by atoms with Crippen molar-refractivity contribution >= 4 is 28.8 Å². The Kier molecular flexibility index (Phi) is 2.75. The Bertz CT molecular complexity index is 762. The third kappa shape index (κ3) is 1.92. The topological polar surface area (TPSA) is 122 Å². The number of rotatable bonds is 3. The Balaban J connectivity index is 2.10. The number of anilines is 2. The zero-order valence-corrected chi connectivity index (χ0v) is 10.6. The summed E-state index contributed by atoms with van der Waals surface area (Å²) in [5, 5.41) is 2.64. The number of nitrogen functional groups attached to an aromatic ring is 1. The number of aromatic amines is 2. The highest BCUT2D eigenvalue weighted by Gasteiger charge is 2.19. The molecule has 20 heavy (non-hydrogen) atoms. The number of carbonyl (C=O) groups is 1. The minimum absolute atomic E-state index is 0.236. The summed E-state index contributed by atoms with van der Waals surface area (Å²) in [5.74, 6) is 0.637. The molecule has 102 valence electrons. The largest absolute Gasteiger partial charge is 0.496 e. The number of hydrogen-bond donors (Lipinski definition) is 4. The van der Waals surface area contributed by atoms with Gasteiger partial charge in [-0.3, -0.25) is 10.1 Å². The summed E-state index contributed by atoms with van der Waals surface area (Å²) in [5.41, 5.74) is 7.06. The molecule has 0 aliphatic rings. The third-order valence-electron chi connectivity index (χ3n) is 2.82. The van der Waals surface area contributed by atoms with E-state index in [1.165, 1.54) is 7.11 Å². The second kappa shape index (κ2) is 4.57. The lowest BCUT2D eigenvalue weighted by atomic mass is 10.1. The van der Waals surface area contributed by atoms with E-state index in [1.54, 1.807) is 24.5 Å². The molecular formula is C12H12N6O2. The van der Waals surface area contributed by atoms with Gasteiger partial charge in [-0.2, -0.15) is 0 Å². The molecule has 0 bridgehead atoms. The first-order valence-corrected chi connectivity index (χ1v) is 5.82. The number of nitrogens with one attached hydrogen (secondary N) is 3. The minimum Gasteiger partial charge on any atom is -0.496 e. The van der Waals surface area contributed by atoms with E-state index < -0.39 is 0 Å². The van der Waals surface area contributed by atoms with Crippen molar-refractivity contribution in [1.29, 1.82) is 0 Å². The van der Waals surface area contributed by atoms with Crippen LogP contribution in [-0.4, -0.2) is 33.0 Å². The molecule has 1 aromatic carbocycles. The molecule has 0 aliphatic heterocycles. The monoisotopic (exact) mass is 272 g/mol. The molecule has 1 amide bonds. The molecule has 0 aliphatic carbocycles. The number of aromatic nitrogens is 4. The zero-order valence-electron chi connectivity index (χ0n) is 10.6. The summed E-state index contributed by atoms with van der Waals surface area (Å²) in [6, 6.07) is 3.39. The Hall–Kier alpha value is -3.03. The number of ether oxygens (including phenoxy) is 1. The summed E-state index contributed by atoms with van der Waals surface area (Å²) in [6.07, 6.45) is 3.16. The number of imidazole rings is 2. The van der Waals surface area contributed by atoms with Gasteiger partial charge in [-0.25, -0.2) is 9.97 Å². The van der Waals surface area contributed by atoms with E-state index in [-0.39, 0.29) is 11.9 Å². The molecule has 0 atom stereocenters. The Morgan fingerprint density at radius 3 is 3.00 bits per heavy atom. The molecule has 0 fully saturated rings. The second-order valence-electron chi connectivity index (χ2n) is 4.05. The van der Waals surface area contributed by atoms with E-state index in [2.05, 4.69) is 25.3 Å². The van der Waals surface area contributed by atoms with Gasteiger partial charge in [0.2, 0.25) is 5.95 Å². The van der Waals surface area contributed by atoms with Gasteiger partial charge < -0.3 is 20.4 Å². The Labute approximate surface area is 113 Å². The van der Waals surface area contributed by atoms with Crippen molar-refractivity contribution in [2.24, 2.45) is 0 Å². The first-order chi connectivity index (χ1) is 9.69. The normalized spacial score (nSPS) is 10.7. The Morgan fingerprint density at radius 1 is 1.45 bits per heavy atom. The zero-order chi connectivity index (χ0) is 14.1. The van der Waals surface area contributed by atoms with Gasteiger partial charge in [-0.15, -0.1) is 0 Å². The summed E-state index contributed by atoms with van der Waals surface area (Å²) < 4.78 is 5.22. The van der Waals surface area contributed by atoms with E-state index in [0.717, 1.165) is 0 Å². The van der Waals surface area contributed by atoms with Crippen LogP contribution in [0.25, 0.3) is 11.0 Å². The smallest absolute Gasteiger partial charge is 0.263 e. The van der Waals surface area contributed by atoms with Crippen LogP contribution in [0.5, 0.6) is 5.75 Å². The number of hydrogen-bond acceptors (Lipinski definition) is 5. The summed E-state index contributed by atoms with van der Waals surface area (Å²) in [4.78, 5) is 26.1. The van der Waals surface area contributed by atoms with Crippen LogP contribution in [0.1, 0.15) is 10.4 Å². The van der Waals surface area contributed by atoms with E-state index in [4.69, 9.17) is 10.5 Å². The Morgan fingerprint density at radius 2 is 2.30 bits per heavy atom. The molecule has 2 aromatic heterocycles. The minimum atomic E-state index is -0.369. The molecule has 3 aromatic rings. The molecule has 5 N–H and O–H groups in total.